The fraction of sp³-hybridized carbons (Fsp3) is 0.400. The van der Waals surface area contributed by atoms with E-state index in [0.717, 1.165) is 12.0 Å². The summed E-state index contributed by atoms with van der Waals surface area (Å²) < 4.78 is 0. The van der Waals surface area contributed by atoms with Gasteiger partial charge in [-0.25, -0.2) is 0 Å². The van der Waals surface area contributed by atoms with Gasteiger partial charge in [-0.3, -0.25) is 10.1 Å². The molecule has 0 saturated carbocycles. The summed E-state index contributed by atoms with van der Waals surface area (Å²) in [6, 6.07) is 4.15. The number of nitro groups is 1. The normalized spacial score (nSPS) is 24.7. The largest absolute Gasteiger partial charge is 0.391 e. The van der Waals surface area contributed by atoms with Crippen molar-refractivity contribution >= 4 is 5.69 Å². The zero-order chi connectivity index (χ0) is 11.0. The number of benzene rings is 1. The van der Waals surface area contributed by atoms with Crippen LogP contribution in [0.1, 0.15) is 23.6 Å². The third kappa shape index (κ3) is 1.71. The average Bonchev–Trinajstić information content (AvgIpc) is 2.23. The third-order valence-electron chi connectivity index (χ3n) is 2.82. The van der Waals surface area contributed by atoms with E-state index in [-0.39, 0.29) is 5.69 Å². The molecule has 3 N–H and O–H groups in total. The predicted molar refractivity (Wildman–Crippen MR) is 54.4 cm³/mol. The van der Waals surface area contributed by atoms with Gasteiger partial charge < -0.3 is 10.8 Å². The molecular formula is C10H12N2O3. The number of nitrogens with zero attached hydrogens (tertiary/aromatic N) is 1. The number of nitro benzene ring substituents is 1. The number of hydrogen-bond acceptors (Lipinski definition) is 4. The Bertz CT molecular complexity index is 406. The van der Waals surface area contributed by atoms with Crippen LogP contribution < -0.4 is 5.73 Å². The Labute approximate surface area is 86.7 Å². The van der Waals surface area contributed by atoms with Gasteiger partial charge in [-0.05, 0) is 24.0 Å². The molecule has 2 atom stereocenters. The fourth-order valence-electron chi connectivity index (χ4n) is 1.92. The number of fused-ring (bicyclic) bond motifs is 1. The molecule has 1 aromatic carbocycles. The maximum atomic E-state index is 10.6. The van der Waals surface area contributed by atoms with Crippen molar-refractivity contribution in [1.29, 1.82) is 0 Å². The highest BCUT2D eigenvalue weighted by Crippen LogP contribution is 2.30. The van der Waals surface area contributed by atoms with Gasteiger partial charge in [0.2, 0.25) is 0 Å². The third-order valence-corrected chi connectivity index (χ3v) is 2.82. The molecule has 2 rings (SSSR count). The second-order valence-corrected chi connectivity index (χ2v) is 3.77. The van der Waals surface area contributed by atoms with E-state index >= 15 is 0 Å². The highest BCUT2D eigenvalue weighted by atomic mass is 16.6. The van der Waals surface area contributed by atoms with E-state index in [0.29, 0.717) is 12.0 Å². The van der Waals surface area contributed by atoms with Crippen LogP contribution in [0, 0.1) is 10.1 Å². The minimum atomic E-state index is -0.598. The van der Waals surface area contributed by atoms with Crippen LogP contribution in [0.3, 0.4) is 0 Å². The first-order valence-electron chi connectivity index (χ1n) is 4.80. The van der Waals surface area contributed by atoms with E-state index in [1.807, 2.05) is 0 Å². The molecule has 0 unspecified atom stereocenters. The molecule has 0 bridgehead atoms. The van der Waals surface area contributed by atoms with Crippen LogP contribution in [0.15, 0.2) is 18.2 Å². The minimum Gasteiger partial charge on any atom is -0.391 e. The van der Waals surface area contributed by atoms with Crippen LogP contribution in [-0.2, 0) is 6.42 Å². The molecule has 0 saturated heterocycles. The summed E-state index contributed by atoms with van der Waals surface area (Å²) in [7, 11) is 0. The van der Waals surface area contributed by atoms with Crippen molar-refractivity contribution in [2.24, 2.45) is 5.73 Å². The van der Waals surface area contributed by atoms with Crippen LogP contribution in [-0.4, -0.2) is 16.1 Å². The molecule has 5 heteroatoms. The molecule has 1 aliphatic rings. The SMILES string of the molecule is N[C@H]1c2cc([N+](=O)[O-])ccc2CC[C@@H]1O. The number of hydrogen-bond donors (Lipinski definition) is 2. The number of aliphatic hydroxyl groups is 1. The lowest BCUT2D eigenvalue weighted by Gasteiger charge is -2.26. The zero-order valence-corrected chi connectivity index (χ0v) is 8.09. The van der Waals surface area contributed by atoms with Gasteiger partial charge in [0.1, 0.15) is 0 Å². The van der Waals surface area contributed by atoms with E-state index in [2.05, 4.69) is 0 Å². The van der Waals surface area contributed by atoms with Gasteiger partial charge in [0.15, 0.2) is 0 Å². The molecule has 1 aromatic rings. The summed E-state index contributed by atoms with van der Waals surface area (Å²) in [5.41, 5.74) is 7.51. The van der Waals surface area contributed by atoms with E-state index in [1.54, 1.807) is 6.07 Å². The minimum absolute atomic E-state index is 0.0262. The molecule has 0 radical (unpaired) electrons. The summed E-state index contributed by atoms with van der Waals surface area (Å²) in [5, 5.41) is 20.1. The second-order valence-electron chi connectivity index (χ2n) is 3.77. The van der Waals surface area contributed by atoms with Crippen molar-refractivity contribution in [3.8, 4) is 0 Å². The number of aryl methyl sites for hydroxylation is 1. The van der Waals surface area contributed by atoms with Gasteiger partial charge in [0.05, 0.1) is 17.1 Å². The molecular weight excluding hydrogens is 196 g/mol. The number of aliphatic hydroxyl groups excluding tert-OH is 1. The van der Waals surface area contributed by atoms with E-state index < -0.39 is 17.1 Å². The quantitative estimate of drug-likeness (QED) is 0.530. The Kier molecular flexibility index (Phi) is 2.42. The van der Waals surface area contributed by atoms with Crippen LogP contribution in [0.5, 0.6) is 0 Å². The van der Waals surface area contributed by atoms with Crippen LogP contribution in [0.2, 0.25) is 0 Å². The Morgan fingerprint density at radius 1 is 1.53 bits per heavy atom. The monoisotopic (exact) mass is 208 g/mol. The zero-order valence-electron chi connectivity index (χ0n) is 8.09. The van der Waals surface area contributed by atoms with Gasteiger partial charge in [-0.1, -0.05) is 6.07 Å². The highest BCUT2D eigenvalue weighted by Gasteiger charge is 2.26. The number of rotatable bonds is 1. The lowest BCUT2D eigenvalue weighted by molar-refractivity contribution is -0.385. The summed E-state index contributed by atoms with van der Waals surface area (Å²) in [6.45, 7) is 0. The maximum absolute atomic E-state index is 10.6. The van der Waals surface area contributed by atoms with Crippen LogP contribution in [0.25, 0.3) is 0 Å². The molecule has 15 heavy (non-hydrogen) atoms. The Morgan fingerprint density at radius 2 is 2.27 bits per heavy atom. The lowest BCUT2D eigenvalue weighted by atomic mass is 9.86. The van der Waals surface area contributed by atoms with Crippen LogP contribution >= 0.6 is 0 Å². The van der Waals surface area contributed by atoms with Crippen molar-refractivity contribution in [3.63, 3.8) is 0 Å². The van der Waals surface area contributed by atoms with E-state index in [1.165, 1.54) is 12.1 Å². The standard InChI is InChI=1S/C10H12N2O3/c11-10-8-5-7(12(14)15)3-1-6(8)2-4-9(10)13/h1,3,5,9-10,13H,2,4,11H2/t9-,10-/m0/s1. The summed E-state index contributed by atoms with van der Waals surface area (Å²) in [6.07, 6.45) is 0.744. The van der Waals surface area contributed by atoms with E-state index in [4.69, 9.17) is 5.73 Å². The number of nitrogens with two attached hydrogens (primary N) is 1. The first-order chi connectivity index (χ1) is 7.09. The molecule has 0 aromatic heterocycles. The Balaban J connectivity index is 2.45. The Hall–Kier alpha value is -1.46. The van der Waals surface area contributed by atoms with Crippen molar-refractivity contribution in [2.45, 2.75) is 25.0 Å². The molecule has 5 nitrogen and oxygen atoms in total. The second kappa shape index (κ2) is 3.60. The number of non-ortho nitro benzene ring substituents is 1. The summed E-state index contributed by atoms with van der Waals surface area (Å²) in [4.78, 5) is 10.1. The predicted octanol–water partition coefficient (Wildman–Crippen LogP) is 0.902. The first-order valence-corrected chi connectivity index (χ1v) is 4.80. The average molecular weight is 208 g/mol. The Morgan fingerprint density at radius 3 is 2.93 bits per heavy atom. The van der Waals surface area contributed by atoms with Crippen molar-refractivity contribution in [1.82, 2.24) is 0 Å². The molecule has 0 heterocycles. The maximum Gasteiger partial charge on any atom is 0.269 e. The van der Waals surface area contributed by atoms with E-state index in [9.17, 15) is 15.2 Å². The lowest BCUT2D eigenvalue weighted by Crippen LogP contribution is -2.31. The molecule has 0 aliphatic heterocycles. The topological polar surface area (TPSA) is 89.4 Å². The molecule has 0 amide bonds. The summed E-state index contributed by atoms with van der Waals surface area (Å²) >= 11 is 0. The van der Waals surface area contributed by atoms with Gasteiger partial charge in [-0.2, -0.15) is 0 Å². The van der Waals surface area contributed by atoms with Gasteiger partial charge >= 0.3 is 0 Å². The van der Waals surface area contributed by atoms with Crippen molar-refractivity contribution < 1.29 is 10.0 Å². The van der Waals surface area contributed by atoms with Gasteiger partial charge in [0.25, 0.3) is 5.69 Å². The fourth-order valence-corrected chi connectivity index (χ4v) is 1.92. The molecule has 80 valence electrons. The molecule has 0 spiro atoms. The molecule has 0 fully saturated rings. The van der Waals surface area contributed by atoms with Crippen LogP contribution in [0.4, 0.5) is 5.69 Å². The smallest absolute Gasteiger partial charge is 0.269 e. The first kappa shape index (κ1) is 10.1. The molecule has 1 aliphatic carbocycles. The van der Waals surface area contributed by atoms with Crippen molar-refractivity contribution in [2.75, 3.05) is 0 Å². The van der Waals surface area contributed by atoms with Crippen molar-refractivity contribution in [3.05, 3.63) is 39.4 Å². The van der Waals surface area contributed by atoms with Gasteiger partial charge in [-0.15, -0.1) is 0 Å². The van der Waals surface area contributed by atoms with Gasteiger partial charge in [0, 0.05) is 12.1 Å². The summed E-state index contributed by atoms with van der Waals surface area (Å²) in [5.74, 6) is 0. The highest BCUT2D eigenvalue weighted by molar-refractivity contribution is 5.43.